The average Bonchev–Trinajstić information content (AvgIpc) is 2.85. The number of benzene rings is 3. The molecule has 0 radical (unpaired) electrons. The molecule has 0 saturated carbocycles. The van der Waals surface area contributed by atoms with Crippen molar-refractivity contribution in [2.75, 3.05) is 0 Å². The first-order valence-corrected chi connectivity index (χ1v) is 12.0. The van der Waals surface area contributed by atoms with Gasteiger partial charge in [-0.2, -0.15) is 0 Å². The number of carboxylic acid groups (broad SMARTS) is 1. The third-order valence-corrected chi connectivity index (χ3v) is 7.11. The van der Waals surface area contributed by atoms with Crippen LogP contribution in [0.15, 0.2) is 97.1 Å². The zero-order chi connectivity index (χ0) is 24.0. The maximum Gasteiger partial charge on any atom is 0.347 e. The summed E-state index contributed by atoms with van der Waals surface area (Å²) in [7, 11) is 0. The zero-order valence-corrected chi connectivity index (χ0v) is 19.9. The van der Waals surface area contributed by atoms with Gasteiger partial charge in [-0.3, -0.25) is 0 Å². The Morgan fingerprint density at radius 2 is 1.32 bits per heavy atom. The van der Waals surface area contributed by atoms with Gasteiger partial charge in [0.1, 0.15) is 4.75 Å². The Balaban J connectivity index is 1.90. The number of hydrogen-bond acceptors (Lipinski definition) is 5. The van der Waals surface area contributed by atoms with Crippen molar-refractivity contribution >= 4 is 17.7 Å². The molecule has 1 unspecified atom stereocenters. The summed E-state index contributed by atoms with van der Waals surface area (Å²) >= 11 is 1.53. The van der Waals surface area contributed by atoms with Gasteiger partial charge in [0.05, 0.1) is 0 Å². The Hall–Kier alpha value is -3.64. The van der Waals surface area contributed by atoms with Gasteiger partial charge in [-0.25, -0.2) is 14.8 Å². The molecule has 4 aromatic rings. The first-order chi connectivity index (χ1) is 16.5. The lowest BCUT2D eigenvalue weighted by Gasteiger charge is -2.38. The molecule has 4 rings (SSSR count). The Labute approximate surface area is 203 Å². The summed E-state index contributed by atoms with van der Waals surface area (Å²) in [6, 6.07) is 31.2. The maximum atomic E-state index is 12.9. The van der Waals surface area contributed by atoms with Gasteiger partial charge >= 0.3 is 12.0 Å². The molecule has 0 aliphatic rings. The zero-order valence-electron chi connectivity index (χ0n) is 19.1. The number of rotatable bonds is 9. The quantitative estimate of drug-likeness (QED) is 0.333. The number of thioether (sulfide) groups is 1. The molecule has 1 heterocycles. The third kappa shape index (κ3) is 5.13. The maximum absolute atomic E-state index is 12.9. The van der Waals surface area contributed by atoms with Crippen molar-refractivity contribution in [3.63, 3.8) is 0 Å². The second-order valence-corrected chi connectivity index (χ2v) is 9.23. The highest BCUT2D eigenvalue weighted by Crippen LogP contribution is 2.48. The van der Waals surface area contributed by atoms with E-state index in [0.29, 0.717) is 17.1 Å². The van der Waals surface area contributed by atoms with E-state index in [0.717, 1.165) is 16.7 Å². The molecule has 0 amide bonds. The molecule has 1 N–H and O–H groups in total. The number of carboxylic acids is 1. The van der Waals surface area contributed by atoms with Crippen LogP contribution in [-0.2, 0) is 15.3 Å². The predicted octanol–water partition coefficient (Wildman–Crippen LogP) is 5.80. The highest BCUT2D eigenvalue weighted by atomic mass is 32.2. The summed E-state index contributed by atoms with van der Waals surface area (Å²) in [5.41, 5.74) is 4.19. The number of carbonyl (C=O) groups is 1. The first-order valence-electron chi connectivity index (χ1n) is 11.0. The lowest BCUT2D eigenvalue weighted by atomic mass is 9.85. The number of hydrogen-bond donors (Lipinski definition) is 1. The van der Waals surface area contributed by atoms with Gasteiger partial charge in [-0.15, -0.1) is 11.8 Å². The molecule has 3 aromatic carbocycles. The van der Waals surface area contributed by atoms with Gasteiger partial charge in [0.2, 0.25) is 6.10 Å². The molecule has 6 heteroatoms. The fourth-order valence-electron chi connectivity index (χ4n) is 4.01. The van der Waals surface area contributed by atoms with Gasteiger partial charge in [0, 0.05) is 17.1 Å². The number of aromatic nitrogens is 2. The van der Waals surface area contributed by atoms with Gasteiger partial charge in [-0.1, -0.05) is 91.0 Å². The molecule has 34 heavy (non-hydrogen) atoms. The van der Waals surface area contributed by atoms with E-state index in [1.54, 1.807) is 0 Å². The second kappa shape index (κ2) is 10.5. The van der Waals surface area contributed by atoms with E-state index in [2.05, 4.69) is 9.97 Å². The highest BCUT2D eigenvalue weighted by molar-refractivity contribution is 7.99. The molecule has 0 spiro atoms. The van der Waals surface area contributed by atoms with Crippen LogP contribution in [-0.4, -0.2) is 27.1 Å². The fraction of sp³-hybridized carbons (Fsp3) is 0.179. The topological polar surface area (TPSA) is 72.3 Å². The number of nitrogens with zero attached hydrogens (tertiary/aromatic N) is 2. The van der Waals surface area contributed by atoms with Crippen molar-refractivity contribution in [1.82, 2.24) is 9.97 Å². The average molecular weight is 471 g/mol. The van der Waals surface area contributed by atoms with Crippen LogP contribution in [0.4, 0.5) is 0 Å². The van der Waals surface area contributed by atoms with E-state index >= 15 is 0 Å². The summed E-state index contributed by atoms with van der Waals surface area (Å²) in [5.74, 6) is -0.498. The Bertz CT molecular complexity index is 1170. The molecule has 5 nitrogen and oxygen atoms in total. The van der Waals surface area contributed by atoms with Gasteiger partial charge in [-0.05, 0) is 36.6 Å². The molecular weight excluding hydrogens is 444 g/mol. The van der Waals surface area contributed by atoms with Crippen molar-refractivity contribution in [2.24, 2.45) is 0 Å². The van der Waals surface area contributed by atoms with Crippen LogP contribution in [0.5, 0.6) is 6.01 Å². The fourth-order valence-corrected chi connectivity index (χ4v) is 5.51. The van der Waals surface area contributed by atoms with Crippen LogP contribution in [0.25, 0.3) is 0 Å². The first kappa shape index (κ1) is 23.5. The molecule has 172 valence electrons. The molecule has 0 bridgehead atoms. The van der Waals surface area contributed by atoms with E-state index < -0.39 is 16.8 Å². The SMILES string of the molecule is Cc1cc(C)nc(OC(C(=O)O)C(SCc2ccccc2)(c2ccccc2)c2ccccc2)n1. The van der Waals surface area contributed by atoms with Gasteiger partial charge < -0.3 is 9.84 Å². The summed E-state index contributed by atoms with van der Waals surface area (Å²) in [4.78, 5) is 21.6. The summed E-state index contributed by atoms with van der Waals surface area (Å²) in [6.07, 6.45) is -1.28. The van der Waals surface area contributed by atoms with Crippen molar-refractivity contribution in [3.8, 4) is 6.01 Å². The van der Waals surface area contributed by atoms with Crippen LogP contribution < -0.4 is 4.74 Å². The van der Waals surface area contributed by atoms with Crippen molar-refractivity contribution in [3.05, 3.63) is 125 Å². The smallest absolute Gasteiger partial charge is 0.347 e. The van der Waals surface area contributed by atoms with Gasteiger partial charge in [0.15, 0.2) is 0 Å². The van der Waals surface area contributed by atoms with Crippen LogP contribution in [0.1, 0.15) is 28.1 Å². The number of ether oxygens (including phenoxy) is 1. The molecular formula is C28H26N2O3S. The van der Waals surface area contributed by atoms with Crippen LogP contribution in [0.2, 0.25) is 0 Å². The van der Waals surface area contributed by atoms with E-state index in [1.807, 2.05) is 111 Å². The van der Waals surface area contributed by atoms with E-state index in [1.165, 1.54) is 11.8 Å². The van der Waals surface area contributed by atoms with Crippen LogP contribution in [0.3, 0.4) is 0 Å². The van der Waals surface area contributed by atoms with Crippen molar-refractivity contribution in [2.45, 2.75) is 30.5 Å². The summed E-state index contributed by atoms with van der Waals surface area (Å²) in [5, 5.41) is 10.5. The monoisotopic (exact) mass is 470 g/mol. The Morgan fingerprint density at radius 1 is 0.853 bits per heavy atom. The van der Waals surface area contributed by atoms with Gasteiger partial charge in [0.25, 0.3) is 0 Å². The number of aryl methyl sites for hydroxylation is 2. The molecule has 0 aliphatic heterocycles. The minimum Gasteiger partial charge on any atom is -0.478 e. The van der Waals surface area contributed by atoms with E-state index in [-0.39, 0.29) is 6.01 Å². The standard InChI is InChI=1S/C28H26N2O3S/c1-20-18-21(2)30-27(29-20)33-25(26(31)32)28(23-14-8-4-9-15-23,24-16-10-5-11-17-24)34-19-22-12-6-3-7-13-22/h3-18,25H,19H2,1-2H3,(H,31,32). The molecule has 0 aliphatic carbocycles. The largest absolute Gasteiger partial charge is 0.478 e. The summed E-state index contributed by atoms with van der Waals surface area (Å²) < 4.78 is 5.09. The third-order valence-electron chi connectivity index (χ3n) is 5.49. The van der Waals surface area contributed by atoms with Crippen LogP contribution in [0, 0.1) is 13.8 Å². The molecule has 0 saturated heterocycles. The van der Waals surface area contributed by atoms with E-state index in [9.17, 15) is 9.90 Å². The highest BCUT2D eigenvalue weighted by Gasteiger charge is 2.49. The van der Waals surface area contributed by atoms with Crippen molar-refractivity contribution in [1.29, 1.82) is 0 Å². The normalized spacial score (nSPS) is 12.2. The van der Waals surface area contributed by atoms with Crippen molar-refractivity contribution < 1.29 is 14.6 Å². The molecule has 1 atom stereocenters. The molecule has 0 fully saturated rings. The molecule has 1 aromatic heterocycles. The minimum absolute atomic E-state index is 0.0569. The van der Waals surface area contributed by atoms with E-state index in [4.69, 9.17) is 4.74 Å². The lowest BCUT2D eigenvalue weighted by molar-refractivity contribution is -0.146. The Kier molecular flexibility index (Phi) is 7.28. The summed E-state index contributed by atoms with van der Waals surface area (Å²) in [6.45, 7) is 3.67. The van der Waals surface area contributed by atoms with Crippen LogP contribution >= 0.6 is 11.8 Å². The minimum atomic E-state index is -1.28. The number of aliphatic carboxylic acids is 1. The second-order valence-electron chi connectivity index (χ2n) is 8.01. The predicted molar refractivity (Wildman–Crippen MR) is 135 cm³/mol. The Morgan fingerprint density at radius 3 is 1.79 bits per heavy atom. The lowest BCUT2D eigenvalue weighted by Crippen LogP contribution is -2.47.